The van der Waals surface area contributed by atoms with Crippen molar-refractivity contribution in [3.8, 4) is 27.9 Å². The molecule has 0 bridgehead atoms. The van der Waals surface area contributed by atoms with Gasteiger partial charge in [0.1, 0.15) is 0 Å². The zero-order valence-corrected chi connectivity index (χ0v) is 31.2. The van der Waals surface area contributed by atoms with Crippen LogP contribution in [0.1, 0.15) is 16.7 Å². The molecule has 0 unspecified atom stereocenters. The average Bonchev–Trinajstić information content (AvgIpc) is 3.80. The van der Waals surface area contributed by atoms with Crippen LogP contribution in [0.5, 0.6) is 0 Å². The summed E-state index contributed by atoms with van der Waals surface area (Å²) < 4.78 is 5.10. The fourth-order valence-corrected chi connectivity index (χ4v) is 9.42. The Morgan fingerprint density at radius 3 is 1.62 bits per heavy atom. The van der Waals surface area contributed by atoms with Gasteiger partial charge in [-0.05, 0) is 63.2 Å². The second kappa shape index (κ2) is 14.5. The summed E-state index contributed by atoms with van der Waals surface area (Å²) in [7, 11) is 0. The fourth-order valence-electron chi connectivity index (χ4n) is 8.05. The lowest BCUT2D eigenvalue weighted by atomic mass is 9.99. The first-order chi connectivity index (χ1) is 27.3. The number of aromatic nitrogens is 1. The Bertz CT molecular complexity index is 2870. The molecule has 0 amide bonds. The van der Waals surface area contributed by atoms with Crippen molar-refractivity contribution < 1.29 is 0 Å². The van der Waals surface area contributed by atoms with E-state index in [-0.39, 0.29) is 0 Å². The number of thiophene rings is 1. The van der Waals surface area contributed by atoms with E-state index in [2.05, 4.69) is 209 Å². The molecule has 0 aliphatic carbocycles. The molecule has 0 atom stereocenters. The Labute approximate surface area is 325 Å². The zero-order valence-electron chi connectivity index (χ0n) is 30.4. The number of hydrazine groups is 1. The Kier molecular flexibility index (Phi) is 8.77. The Morgan fingerprint density at radius 1 is 0.418 bits per heavy atom. The maximum atomic E-state index is 3.74. The molecule has 264 valence electrons. The van der Waals surface area contributed by atoms with Gasteiger partial charge in [-0.2, -0.15) is 0 Å². The highest BCUT2D eigenvalue weighted by Gasteiger charge is 2.17. The van der Waals surface area contributed by atoms with Gasteiger partial charge in [-0.25, -0.2) is 5.01 Å². The Balaban J connectivity index is 1.00. The molecule has 2 aromatic heterocycles. The van der Waals surface area contributed by atoms with Crippen LogP contribution in [-0.2, 0) is 19.6 Å². The summed E-state index contributed by atoms with van der Waals surface area (Å²) in [5, 5.41) is 7.46. The van der Waals surface area contributed by atoms with Gasteiger partial charge in [-0.15, -0.1) is 11.3 Å². The number of hydrogen-bond acceptors (Lipinski definition) is 3. The van der Waals surface area contributed by atoms with Crippen molar-refractivity contribution in [2.45, 2.75) is 19.6 Å². The van der Waals surface area contributed by atoms with Crippen molar-refractivity contribution in [3.63, 3.8) is 0 Å². The van der Waals surface area contributed by atoms with Crippen molar-refractivity contribution in [3.05, 3.63) is 211 Å². The Hall–Kier alpha value is -6.30. The molecular weight excluding hydrogens is 687 g/mol. The SMILES string of the molecule is c1ccc(CN(Cc2ccccc2)NCc2ccc(-n3c4ccccc4c4ccc(-c5cccc6c5sc5c(-c7ccccc7)cccc56)cc43)cc2)cc1. The highest BCUT2D eigenvalue weighted by molar-refractivity contribution is 7.26. The van der Waals surface area contributed by atoms with Crippen molar-refractivity contribution in [2.75, 3.05) is 0 Å². The van der Waals surface area contributed by atoms with Crippen LogP contribution in [0.3, 0.4) is 0 Å². The summed E-state index contributed by atoms with van der Waals surface area (Å²) >= 11 is 1.91. The van der Waals surface area contributed by atoms with Gasteiger partial charge in [0.25, 0.3) is 0 Å². The molecule has 8 aromatic carbocycles. The van der Waals surface area contributed by atoms with E-state index < -0.39 is 0 Å². The predicted octanol–water partition coefficient (Wildman–Crippen LogP) is 13.2. The molecule has 0 aliphatic heterocycles. The van der Waals surface area contributed by atoms with Crippen LogP contribution in [-0.4, -0.2) is 9.58 Å². The normalized spacial score (nSPS) is 11.7. The number of nitrogens with zero attached hydrogens (tertiary/aromatic N) is 2. The van der Waals surface area contributed by atoms with E-state index in [4.69, 9.17) is 0 Å². The Morgan fingerprint density at radius 2 is 0.964 bits per heavy atom. The third kappa shape index (κ3) is 6.41. The molecule has 0 fully saturated rings. The number of rotatable bonds is 10. The summed E-state index contributed by atoms with van der Waals surface area (Å²) in [6.07, 6.45) is 0. The number of para-hydroxylation sites is 1. The van der Waals surface area contributed by atoms with E-state index in [0.717, 1.165) is 25.3 Å². The number of fused-ring (bicyclic) bond motifs is 6. The molecule has 0 saturated heterocycles. The van der Waals surface area contributed by atoms with Crippen LogP contribution < -0.4 is 5.43 Å². The highest BCUT2D eigenvalue weighted by atomic mass is 32.1. The minimum atomic E-state index is 0.739. The van der Waals surface area contributed by atoms with Gasteiger partial charge >= 0.3 is 0 Å². The van der Waals surface area contributed by atoms with Gasteiger partial charge < -0.3 is 4.57 Å². The fraction of sp³-hybridized carbons (Fsp3) is 0.0588. The molecule has 2 heterocycles. The molecule has 10 aromatic rings. The van der Waals surface area contributed by atoms with Gasteiger partial charge in [0.05, 0.1) is 11.0 Å². The maximum absolute atomic E-state index is 3.74. The molecule has 55 heavy (non-hydrogen) atoms. The van der Waals surface area contributed by atoms with Crippen LogP contribution in [0.25, 0.3) is 69.9 Å². The summed E-state index contributed by atoms with van der Waals surface area (Å²) in [5.74, 6) is 0. The topological polar surface area (TPSA) is 20.2 Å². The molecule has 0 saturated carbocycles. The average molecular weight is 726 g/mol. The lowest BCUT2D eigenvalue weighted by Gasteiger charge is -2.24. The lowest BCUT2D eigenvalue weighted by molar-refractivity contribution is 0.165. The lowest BCUT2D eigenvalue weighted by Crippen LogP contribution is -2.36. The monoisotopic (exact) mass is 725 g/mol. The minimum Gasteiger partial charge on any atom is -0.309 e. The molecule has 1 N–H and O–H groups in total. The molecular formula is C51H39N3S. The summed E-state index contributed by atoms with van der Waals surface area (Å²) in [4.78, 5) is 0. The van der Waals surface area contributed by atoms with Gasteiger partial charge in [-0.1, -0.05) is 170 Å². The zero-order chi connectivity index (χ0) is 36.6. The maximum Gasteiger partial charge on any atom is 0.0547 e. The summed E-state index contributed by atoms with van der Waals surface area (Å²) in [6, 6.07) is 70.5. The summed E-state index contributed by atoms with van der Waals surface area (Å²) in [6.45, 7) is 2.38. The van der Waals surface area contributed by atoms with Crippen molar-refractivity contribution in [2.24, 2.45) is 0 Å². The van der Waals surface area contributed by atoms with E-state index in [1.807, 2.05) is 11.3 Å². The second-order valence-electron chi connectivity index (χ2n) is 14.2. The highest BCUT2D eigenvalue weighted by Crippen LogP contribution is 2.44. The van der Waals surface area contributed by atoms with Crippen LogP contribution >= 0.6 is 11.3 Å². The largest absolute Gasteiger partial charge is 0.309 e. The number of hydrogen-bond donors (Lipinski definition) is 1. The first kappa shape index (κ1) is 33.3. The van der Waals surface area contributed by atoms with Gasteiger partial charge in [0, 0.05) is 56.3 Å². The third-order valence-corrected chi connectivity index (χ3v) is 12.0. The molecule has 10 rings (SSSR count). The smallest absolute Gasteiger partial charge is 0.0547 e. The van der Waals surface area contributed by atoms with Crippen molar-refractivity contribution >= 4 is 53.3 Å². The first-order valence-electron chi connectivity index (χ1n) is 19.0. The predicted molar refractivity (Wildman–Crippen MR) is 234 cm³/mol. The van der Waals surface area contributed by atoms with E-state index in [1.54, 1.807) is 0 Å². The van der Waals surface area contributed by atoms with Gasteiger partial charge in [0.2, 0.25) is 0 Å². The van der Waals surface area contributed by atoms with Crippen molar-refractivity contribution in [1.29, 1.82) is 0 Å². The first-order valence-corrected chi connectivity index (χ1v) is 19.8. The summed E-state index contributed by atoms with van der Waals surface area (Å²) in [5.41, 5.74) is 16.2. The van der Waals surface area contributed by atoms with E-state index in [0.29, 0.717) is 0 Å². The second-order valence-corrected chi connectivity index (χ2v) is 15.3. The van der Waals surface area contributed by atoms with Crippen LogP contribution in [0.4, 0.5) is 0 Å². The molecule has 0 radical (unpaired) electrons. The number of nitrogens with one attached hydrogen (secondary N) is 1. The molecule has 0 aliphatic rings. The molecule has 3 nitrogen and oxygen atoms in total. The van der Waals surface area contributed by atoms with Crippen LogP contribution in [0.15, 0.2) is 194 Å². The van der Waals surface area contributed by atoms with Crippen molar-refractivity contribution in [1.82, 2.24) is 15.0 Å². The minimum absolute atomic E-state index is 0.739. The van der Waals surface area contributed by atoms with E-state index in [1.165, 1.54) is 80.9 Å². The number of benzene rings is 8. The van der Waals surface area contributed by atoms with Gasteiger partial charge in [0.15, 0.2) is 0 Å². The third-order valence-electron chi connectivity index (χ3n) is 10.7. The van der Waals surface area contributed by atoms with Gasteiger partial charge in [-0.3, -0.25) is 5.43 Å². The molecule has 4 heteroatoms. The molecule has 0 spiro atoms. The van der Waals surface area contributed by atoms with E-state index in [9.17, 15) is 0 Å². The van der Waals surface area contributed by atoms with Crippen LogP contribution in [0, 0.1) is 0 Å². The standard InChI is InChI=1S/C51H39N3S/c1-4-14-37(15-5-1)34-53(35-38-16-6-2-7-17-38)52-33-36-26-29-41(30-27-36)54-48-25-11-10-20-44(48)45-31-28-40(32-49(45)54)43-22-13-24-47-46-23-12-21-42(50(46)55-51(43)47)39-18-8-3-9-19-39/h1-32,52H,33-35H2. The van der Waals surface area contributed by atoms with Crippen LogP contribution in [0.2, 0.25) is 0 Å². The van der Waals surface area contributed by atoms with E-state index >= 15 is 0 Å². The quantitative estimate of drug-likeness (QED) is 0.142.